The Morgan fingerprint density at radius 3 is 2.50 bits per heavy atom. The Balaban J connectivity index is 2.36. The van der Waals surface area contributed by atoms with Crippen molar-refractivity contribution in [3.63, 3.8) is 0 Å². The van der Waals surface area contributed by atoms with E-state index in [0.29, 0.717) is 6.54 Å². The monoisotopic (exact) mass is 219 g/mol. The molecule has 0 atom stereocenters. The van der Waals surface area contributed by atoms with Crippen LogP contribution >= 0.6 is 0 Å². The second kappa shape index (κ2) is 3.86. The van der Waals surface area contributed by atoms with Gasteiger partial charge in [0.05, 0.1) is 5.60 Å². The fraction of sp³-hybridized carbons (Fsp3) is 0.571. The van der Waals surface area contributed by atoms with Crippen molar-refractivity contribution >= 4 is 0 Å². The highest BCUT2D eigenvalue weighted by Gasteiger charge is 2.37. The molecule has 0 aromatic heterocycles. The van der Waals surface area contributed by atoms with E-state index in [4.69, 9.17) is 5.73 Å². The van der Waals surface area contributed by atoms with E-state index in [2.05, 4.69) is 12.1 Å². The summed E-state index contributed by atoms with van der Waals surface area (Å²) in [5.74, 6) is 0. The van der Waals surface area contributed by atoms with Gasteiger partial charge in [-0.25, -0.2) is 0 Å². The first-order valence-electron chi connectivity index (χ1n) is 6.01. The van der Waals surface area contributed by atoms with Crippen LogP contribution in [-0.2, 0) is 11.0 Å². The van der Waals surface area contributed by atoms with Crippen LogP contribution in [-0.4, -0.2) is 11.7 Å². The van der Waals surface area contributed by atoms with Gasteiger partial charge in [0.2, 0.25) is 0 Å². The Labute approximate surface area is 97.5 Å². The molecule has 0 radical (unpaired) electrons. The molecule has 2 nitrogen and oxygen atoms in total. The minimum absolute atomic E-state index is 0.182. The predicted octanol–water partition coefficient (Wildman–Crippen LogP) is 2.29. The molecule has 0 bridgehead atoms. The van der Waals surface area contributed by atoms with Crippen molar-refractivity contribution in [2.24, 2.45) is 5.73 Å². The van der Waals surface area contributed by atoms with Gasteiger partial charge < -0.3 is 10.8 Å². The Kier molecular flexibility index (Phi) is 2.81. The van der Waals surface area contributed by atoms with Gasteiger partial charge in [0.25, 0.3) is 0 Å². The number of hydrogen-bond donors (Lipinski definition) is 2. The molecule has 0 heterocycles. The van der Waals surface area contributed by atoms with Gasteiger partial charge in [-0.2, -0.15) is 0 Å². The molecule has 0 saturated heterocycles. The highest BCUT2D eigenvalue weighted by atomic mass is 16.3. The van der Waals surface area contributed by atoms with Gasteiger partial charge in [-0.3, -0.25) is 0 Å². The van der Waals surface area contributed by atoms with E-state index < -0.39 is 5.60 Å². The number of hydrogen-bond acceptors (Lipinski definition) is 2. The summed E-state index contributed by atoms with van der Waals surface area (Å²) in [5.41, 5.74) is 7.58. The third kappa shape index (κ3) is 1.87. The van der Waals surface area contributed by atoms with Crippen molar-refractivity contribution < 1.29 is 5.11 Å². The van der Waals surface area contributed by atoms with E-state index in [1.807, 2.05) is 26.0 Å². The van der Waals surface area contributed by atoms with Crippen LogP contribution in [0.4, 0.5) is 0 Å². The predicted molar refractivity (Wildman–Crippen MR) is 66.3 cm³/mol. The van der Waals surface area contributed by atoms with Crippen molar-refractivity contribution in [1.82, 2.24) is 0 Å². The van der Waals surface area contributed by atoms with E-state index >= 15 is 0 Å². The molecule has 2 rings (SSSR count). The number of benzene rings is 1. The standard InChI is InChI=1S/C14H21NO/c1-13(2,16)11-5-3-6-12(9-11)14(10-15)7-4-8-14/h3,5-6,9,16H,4,7-8,10,15H2,1-2H3. The fourth-order valence-electron chi connectivity index (χ4n) is 2.44. The Morgan fingerprint density at radius 2 is 2.06 bits per heavy atom. The summed E-state index contributed by atoms with van der Waals surface area (Å²) in [4.78, 5) is 0. The van der Waals surface area contributed by atoms with Crippen molar-refractivity contribution in [3.05, 3.63) is 35.4 Å². The van der Waals surface area contributed by atoms with Gasteiger partial charge in [0, 0.05) is 12.0 Å². The lowest BCUT2D eigenvalue weighted by Gasteiger charge is -2.42. The SMILES string of the molecule is CC(C)(O)c1cccc(C2(CN)CCC2)c1. The smallest absolute Gasteiger partial charge is 0.0840 e. The van der Waals surface area contributed by atoms with Gasteiger partial charge in [-0.1, -0.05) is 30.7 Å². The van der Waals surface area contributed by atoms with Gasteiger partial charge in [-0.05, 0) is 37.8 Å². The molecule has 1 fully saturated rings. The van der Waals surface area contributed by atoms with Crippen LogP contribution in [0, 0.1) is 0 Å². The van der Waals surface area contributed by atoms with Crippen molar-refractivity contribution in [2.45, 2.75) is 44.1 Å². The largest absolute Gasteiger partial charge is 0.386 e. The molecular weight excluding hydrogens is 198 g/mol. The first kappa shape index (κ1) is 11.6. The maximum Gasteiger partial charge on any atom is 0.0840 e. The first-order valence-corrected chi connectivity index (χ1v) is 6.01. The van der Waals surface area contributed by atoms with Crippen LogP contribution in [0.1, 0.15) is 44.2 Å². The Bertz CT molecular complexity index is 369. The quantitative estimate of drug-likeness (QED) is 0.819. The Morgan fingerprint density at radius 1 is 1.38 bits per heavy atom. The molecule has 1 aromatic rings. The molecule has 0 aliphatic heterocycles. The maximum atomic E-state index is 10.0. The summed E-state index contributed by atoms with van der Waals surface area (Å²) in [6, 6.07) is 8.26. The summed E-state index contributed by atoms with van der Waals surface area (Å²) in [5, 5.41) is 10.0. The van der Waals surface area contributed by atoms with Crippen molar-refractivity contribution in [2.75, 3.05) is 6.54 Å². The Hall–Kier alpha value is -0.860. The molecule has 16 heavy (non-hydrogen) atoms. The third-order valence-electron chi connectivity index (χ3n) is 3.88. The minimum Gasteiger partial charge on any atom is -0.386 e. The lowest BCUT2D eigenvalue weighted by molar-refractivity contribution is 0.0782. The van der Waals surface area contributed by atoms with Crippen molar-refractivity contribution in [3.8, 4) is 0 Å². The number of nitrogens with two attached hydrogens (primary N) is 1. The van der Waals surface area contributed by atoms with Crippen LogP contribution in [0.2, 0.25) is 0 Å². The number of aliphatic hydroxyl groups is 1. The van der Waals surface area contributed by atoms with Crippen LogP contribution in [0.3, 0.4) is 0 Å². The highest BCUT2D eigenvalue weighted by molar-refractivity contribution is 5.34. The van der Waals surface area contributed by atoms with Gasteiger partial charge in [0.15, 0.2) is 0 Å². The average Bonchev–Trinajstić information content (AvgIpc) is 2.16. The normalized spacial score (nSPS) is 19.2. The topological polar surface area (TPSA) is 46.2 Å². The zero-order chi connectivity index (χ0) is 11.8. The molecule has 0 amide bonds. The van der Waals surface area contributed by atoms with Crippen LogP contribution in [0.15, 0.2) is 24.3 Å². The lowest BCUT2D eigenvalue weighted by Crippen LogP contribution is -2.41. The maximum absolute atomic E-state index is 10.0. The lowest BCUT2D eigenvalue weighted by atomic mass is 9.64. The second-order valence-electron chi connectivity index (χ2n) is 5.48. The van der Waals surface area contributed by atoms with Gasteiger partial charge >= 0.3 is 0 Å². The summed E-state index contributed by atoms with van der Waals surface area (Å²) >= 11 is 0. The molecule has 1 aliphatic carbocycles. The van der Waals surface area contributed by atoms with Crippen LogP contribution in [0.5, 0.6) is 0 Å². The summed E-state index contributed by atoms with van der Waals surface area (Å²) in [7, 11) is 0. The zero-order valence-corrected chi connectivity index (χ0v) is 10.2. The first-order chi connectivity index (χ1) is 7.48. The molecule has 0 unspecified atom stereocenters. The van der Waals surface area contributed by atoms with Gasteiger partial charge in [-0.15, -0.1) is 0 Å². The average molecular weight is 219 g/mol. The van der Waals surface area contributed by atoms with Crippen molar-refractivity contribution in [1.29, 1.82) is 0 Å². The number of rotatable bonds is 3. The van der Waals surface area contributed by atoms with E-state index in [0.717, 1.165) is 5.56 Å². The van der Waals surface area contributed by atoms with E-state index in [9.17, 15) is 5.11 Å². The summed E-state index contributed by atoms with van der Waals surface area (Å²) < 4.78 is 0. The molecular formula is C14H21NO. The fourth-order valence-corrected chi connectivity index (χ4v) is 2.44. The minimum atomic E-state index is -0.768. The molecule has 2 heteroatoms. The summed E-state index contributed by atoms with van der Waals surface area (Å²) in [6.07, 6.45) is 3.63. The second-order valence-corrected chi connectivity index (χ2v) is 5.48. The molecule has 1 aromatic carbocycles. The molecule has 0 spiro atoms. The van der Waals surface area contributed by atoms with Gasteiger partial charge in [0.1, 0.15) is 0 Å². The molecule has 1 aliphatic rings. The van der Waals surface area contributed by atoms with Crippen LogP contribution < -0.4 is 5.73 Å². The third-order valence-corrected chi connectivity index (χ3v) is 3.88. The van der Waals surface area contributed by atoms with E-state index in [1.165, 1.54) is 24.8 Å². The van der Waals surface area contributed by atoms with E-state index in [-0.39, 0.29) is 5.41 Å². The van der Waals surface area contributed by atoms with Crippen LogP contribution in [0.25, 0.3) is 0 Å². The van der Waals surface area contributed by atoms with E-state index in [1.54, 1.807) is 0 Å². The molecule has 88 valence electrons. The summed E-state index contributed by atoms with van der Waals surface area (Å²) in [6.45, 7) is 4.35. The zero-order valence-electron chi connectivity index (χ0n) is 10.2. The molecule has 3 N–H and O–H groups in total. The molecule has 1 saturated carbocycles. The highest BCUT2D eigenvalue weighted by Crippen LogP contribution is 2.43.